The molecular formula is C44H80. The van der Waals surface area contributed by atoms with Gasteiger partial charge in [-0.15, -0.1) is 0 Å². The quantitative estimate of drug-likeness (QED) is 0.261. The Kier molecular flexibility index (Phi) is 42.9. The molecule has 1 aliphatic carbocycles. The second-order valence-corrected chi connectivity index (χ2v) is 10.1. The molecule has 0 aromatic heterocycles. The molecule has 0 aliphatic heterocycles. The van der Waals surface area contributed by atoms with Crippen molar-refractivity contribution in [3.8, 4) is 11.1 Å². The van der Waals surface area contributed by atoms with E-state index >= 15 is 0 Å². The van der Waals surface area contributed by atoms with Crippen LogP contribution in [0.1, 0.15) is 161 Å². The molecule has 1 fully saturated rings. The highest BCUT2D eigenvalue weighted by atomic mass is 14.4. The first kappa shape index (κ1) is 51.2. The largest absolute Gasteiger partial charge is 0.0776 e. The van der Waals surface area contributed by atoms with Gasteiger partial charge in [-0.25, -0.2) is 0 Å². The van der Waals surface area contributed by atoms with Gasteiger partial charge in [-0.05, 0) is 65.2 Å². The molecule has 0 nitrogen and oxygen atoms in total. The summed E-state index contributed by atoms with van der Waals surface area (Å²) in [6, 6.07) is 30.5. The Balaban J connectivity index is -0.000000169. The predicted octanol–water partition coefficient (Wildman–Crippen LogP) is 15.9. The third-order valence-electron chi connectivity index (χ3n) is 6.48. The maximum absolute atomic E-state index is 2.35. The second-order valence-electron chi connectivity index (χ2n) is 10.1. The van der Waals surface area contributed by atoms with Gasteiger partial charge in [-0.3, -0.25) is 0 Å². The molecule has 0 bridgehead atoms. The molecule has 0 heteroatoms. The van der Waals surface area contributed by atoms with Gasteiger partial charge in [-0.2, -0.15) is 0 Å². The summed E-state index contributed by atoms with van der Waals surface area (Å²) in [5, 5.41) is 0. The molecule has 0 saturated heterocycles. The first-order valence-electron chi connectivity index (χ1n) is 18.2. The van der Waals surface area contributed by atoms with Crippen LogP contribution in [0.15, 0.2) is 84.9 Å². The van der Waals surface area contributed by atoms with E-state index in [1.54, 1.807) is 5.56 Å². The highest BCUT2D eigenvalue weighted by molar-refractivity contribution is 5.67. The molecule has 3 aromatic carbocycles. The van der Waals surface area contributed by atoms with Crippen molar-refractivity contribution >= 4 is 0 Å². The van der Waals surface area contributed by atoms with E-state index in [2.05, 4.69) is 113 Å². The zero-order chi connectivity index (χ0) is 34.1. The Morgan fingerprint density at radius 2 is 0.886 bits per heavy atom. The topological polar surface area (TPSA) is 0 Å². The van der Waals surface area contributed by atoms with Crippen molar-refractivity contribution in [2.45, 2.75) is 162 Å². The number of benzene rings is 3. The molecule has 256 valence electrons. The average molecular weight is 609 g/mol. The molecule has 0 amide bonds. The van der Waals surface area contributed by atoms with Gasteiger partial charge in [0.25, 0.3) is 0 Å². The van der Waals surface area contributed by atoms with Crippen LogP contribution in [-0.4, -0.2) is 0 Å². The van der Waals surface area contributed by atoms with Crippen molar-refractivity contribution in [2.24, 2.45) is 11.8 Å². The zero-order valence-electron chi connectivity index (χ0n) is 32.0. The highest BCUT2D eigenvalue weighted by Crippen LogP contribution is 2.45. The van der Waals surface area contributed by atoms with Crippen LogP contribution < -0.4 is 0 Å². The Morgan fingerprint density at radius 3 is 1.30 bits per heavy atom. The maximum Gasteiger partial charge on any atom is -0.00445 e. The zero-order valence-corrected chi connectivity index (χ0v) is 32.0. The molecule has 1 saturated carbocycles. The van der Waals surface area contributed by atoms with Crippen molar-refractivity contribution in [3.63, 3.8) is 0 Å². The third kappa shape index (κ3) is 21.4. The van der Waals surface area contributed by atoms with E-state index in [0.717, 1.165) is 12.3 Å². The standard InChI is InChI=1S/C16H18.C15H22.6C2H6.CH4/c1-13(2)12-15-10-6-7-11-16(15)14-8-4-3-5-9-14;1-13(2)12-15(10-6-7-11-15)14-8-4-3-5-9-14;6*1-2;/h3-11,13H,12H2,1-2H3;3-5,8-9,13H,6-7,10-12H2,1-2H3;6*1-2H3;1H4. The van der Waals surface area contributed by atoms with Crippen LogP contribution in [0.4, 0.5) is 0 Å². The lowest BCUT2D eigenvalue weighted by atomic mass is 9.73. The minimum absolute atomic E-state index is 0. The van der Waals surface area contributed by atoms with Crippen molar-refractivity contribution in [1.82, 2.24) is 0 Å². The van der Waals surface area contributed by atoms with Gasteiger partial charge in [0.15, 0.2) is 0 Å². The van der Waals surface area contributed by atoms with Crippen molar-refractivity contribution in [2.75, 3.05) is 0 Å². The summed E-state index contributed by atoms with van der Waals surface area (Å²) < 4.78 is 0. The lowest BCUT2D eigenvalue weighted by Crippen LogP contribution is -2.24. The third-order valence-corrected chi connectivity index (χ3v) is 6.48. The Morgan fingerprint density at radius 1 is 0.500 bits per heavy atom. The van der Waals surface area contributed by atoms with Gasteiger partial charge in [0, 0.05) is 0 Å². The highest BCUT2D eigenvalue weighted by Gasteiger charge is 2.35. The van der Waals surface area contributed by atoms with Crippen LogP contribution in [0.3, 0.4) is 0 Å². The summed E-state index contributed by atoms with van der Waals surface area (Å²) in [7, 11) is 0. The molecule has 0 spiro atoms. The monoisotopic (exact) mass is 609 g/mol. The Hall–Kier alpha value is -2.34. The van der Waals surface area contributed by atoms with Crippen LogP contribution in [0.2, 0.25) is 0 Å². The second kappa shape index (κ2) is 36.8. The molecule has 44 heavy (non-hydrogen) atoms. The van der Waals surface area contributed by atoms with Crippen LogP contribution in [0.25, 0.3) is 11.1 Å². The minimum atomic E-state index is 0. The van der Waals surface area contributed by atoms with Gasteiger partial charge < -0.3 is 0 Å². The molecule has 0 heterocycles. The van der Waals surface area contributed by atoms with E-state index in [0.29, 0.717) is 11.3 Å². The molecule has 0 N–H and O–H groups in total. The fourth-order valence-corrected chi connectivity index (χ4v) is 5.27. The summed E-state index contributed by atoms with van der Waals surface area (Å²) in [5.74, 6) is 1.51. The van der Waals surface area contributed by atoms with E-state index in [1.807, 2.05) is 83.1 Å². The molecule has 1 aliphatic rings. The molecule has 0 unspecified atom stereocenters. The van der Waals surface area contributed by atoms with Crippen LogP contribution in [0.5, 0.6) is 0 Å². The van der Waals surface area contributed by atoms with Crippen molar-refractivity contribution < 1.29 is 0 Å². The molecule has 3 aromatic rings. The van der Waals surface area contributed by atoms with Gasteiger partial charge >= 0.3 is 0 Å². The van der Waals surface area contributed by atoms with Gasteiger partial charge in [-0.1, -0.05) is 216 Å². The van der Waals surface area contributed by atoms with Crippen LogP contribution in [-0.2, 0) is 11.8 Å². The summed E-state index contributed by atoms with van der Waals surface area (Å²) in [6.07, 6.45) is 8.13. The molecular weight excluding hydrogens is 528 g/mol. The summed E-state index contributed by atoms with van der Waals surface area (Å²) in [4.78, 5) is 0. The molecule has 0 radical (unpaired) electrons. The summed E-state index contributed by atoms with van der Waals surface area (Å²) >= 11 is 0. The van der Waals surface area contributed by atoms with Gasteiger partial charge in [0.1, 0.15) is 0 Å². The van der Waals surface area contributed by atoms with E-state index in [9.17, 15) is 0 Å². The predicted molar refractivity (Wildman–Crippen MR) is 211 cm³/mol. The lowest BCUT2D eigenvalue weighted by molar-refractivity contribution is 0.346. The first-order chi connectivity index (χ1) is 21.0. The van der Waals surface area contributed by atoms with Crippen molar-refractivity contribution in [1.29, 1.82) is 0 Å². The fraction of sp³-hybridized carbons (Fsp3) is 0.591. The smallest absolute Gasteiger partial charge is 0.00445 e. The van der Waals surface area contributed by atoms with Gasteiger partial charge in [0.2, 0.25) is 0 Å². The van der Waals surface area contributed by atoms with Crippen LogP contribution in [0, 0.1) is 11.8 Å². The van der Waals surface area contributed by atoms with E-state index < -0.39 is 0 Å². The maximum atomic E-state index is 2.35. The number of hydrogen-bond donors (Lipinski definition) is 0. The van der Waals surface area contributed by atoms with E-state index in [1.165, 1.54) is 48.8 Å². The first-order valence-corrected chi connectivity index (χ1v) is 18.2. The van der Waals surface area contributed by atoms with Gasteiger partial charge in [0.05, 0.1) is 0 Å². The summed E-state index contributed by atoms with van der Waals surface area (Å²) in [6.45, 7) is 33.2. The number of hydrogen-bond acceptors (Lipinski definition) is 0. The summed E-state index contributed by atoms with van der Waals surface area (Å²) in [5.41, 5.74) is 6.23. The van der Waals surface area contributed by atoms with E-state index in [4.69, 9.17) is 0 Å². The van der Waals surface area contributed by atoms with Crippen molar-refractivity contribution in [3.05, 3.63) is 96.1 Å². The Bertz CT molecular complexity index is 884. The fourth-order valence-electron chi connectivity index (χ4n) is 5.27. The molecule has 0 atom stereocenters. The average Bonchev–Trinajstić information content (AvgIpc) is 3.57. The number of rotatable bonds is 6. The normalized spacial score (nSPS) is 11.4. The Labute approximate surface area is 280 Å². The molecule has 4 rings (SSSR count). The van der Waals surface area contributed by atoms with E-state index in [-0.39, 0.29) is 7.43 Å². The SMILES string of the molecule is C.CC.CC.CC.CC.CC.CC.CC(C)CC1(c2ccccc2)CCCC1.CC(C)Cc1ccccc1-c1ccccc1. The lowest BCUT2D eigenvalue weighted by Gasteiger charge is -2.31. The van der Waals surface area contributed by atoms with Crippen LogP contribution >= 0.6 is 0 Å². The minimum Gasteiger partial charge on any atom is -0.0776 e.